The van der Waals surface area contributed by atoms with E-state index >= 15 is 0 Å². The molecule has 1 atom stereocenters. The van der Waals surface area contributed by atoms with E-state index < -0.39 is 22.8 Å². The summed E-state index contributed by atoms with van der Waals surface area (Å²) in [7, 11) is 2.76. The Morgan fingerprint density at radius 3 is 2.43 bits per heavy atom. The van der Waals surface area contributed by atoms with Crippen molar-refractivity contribution in [2.75, 3.05) is 27.3 Å². The van der Waals surface area contributed by atoms with Gasteiger partial charge in [0.05, 0.1) is 35.6 Å². The van der Waals surface area contributed by atoms with Gasteiger partial charge in [-0.2, -0.15) is 0 Å². The molecule has 0 saturated heterocycles. The second-order valence-corrected chi connectivity index (χ2v) is 6.70. The maximum atomic E-state index is 12.9. The predicted octanol–water partition coefficient (Wildman–Crippen LogP) is 1.63. The Bertz CT molecular complexity index is 936. The number of rotatable bonds is 8. The van der Waals surface area contributed by atoms with Crippen LogP contribution in [0.3, 0.4) is 0 Å². The number of nitro groups is 1. The van der Waals surface area contributed by atoms with Gasteiger partial charge < -0.3 is 19.7 Å². The van der Waals surface area contributed by atoms with Gasteiger partial charge in [0, 0.05) is 30.6 Å². The van der Waals surface area contributed by atoms with E-state index in [1.54, 1.807) is 27.0 Å². The summed E-state index contributed by atoms with van der Waals surface area (Å²) < 4.78 is 10.2. The molecule has 1 aromatic carbocycles. The van der Waals surface area contributed by atoms with Gasteiger partial charge in [-0.05, 0) is 19.4 Å². The number of amides is 1. The summed E-state index contributed by atoms with van der Waals surface area (Å²) >= 11 is 0. The van der Waals surface area contributed by atoms with Crippen LogP contribution in [0.2, 0.25) is 0 Å². The van der Waals surface area contributed by atoms with Gasteiger partial charge in [0.2, 0.25) is 6.41 Å². The Balaban J connectivity index is 2.52. The highest BCUT2D eigenvalue weighted by atomic mass is 16.6. The van der Waals surface area contributed by atoms with Crippen LogP contribution >= 0.6 is 0 Å². The van der Waals surface area contributed by atoms with Gasteiger partial charge in [-0.3, -0.25) is 14.9 Å². The van der Waals surface area contributed by atoms with Crippen LogP contribution in [-0.4, -0.2) is 55.5 Å². The Morgan fingerprint density at radius 1 is 1.23 bits per heavy atom. The molecule has 1 aromatic rings. The normalized spacial score (nSPS) is 15.9. The molecule has 0 saturated carbocycles. The summed E-state index contributed by atoms with van der Waals surface area (Å²) in [6.07, 6.45) is 0.605. The van der Waals surface area contributed by atoms with Crippen molar-refractivity contribution >= 4 is 24.0 Å². The van der Waals surface area contributed by atoms with Gasteiger partial charge in [-0.15, -0.1) is 0 Å². The first-order valence-electron chi connectivity index (χ1n) is 9.05. The quantitative estimate of drug-likeness (QED) is 0.293. The Labute approximate surface area is 173 Å². The maximum absolute atomic E-state index is 12.9. The molecule has 10 heteroatoms. The summed E-state index contributed by atoms with van der Waals surface area (Å²) in [5.74, 6) is -2.30. The lowest BCUT2D eigenvalue weighted by atomic mass is 9.80. The number of carbonyl (C=O) groups is 3. The molecule has 1 aliphatic heterocycles. The van der Waals surface area contributed by atoms with Crippen LogP contribution < -0.4 is 5.32 Å². The van der Waals surface area contributed by atoms with E-state index in [1.165, 1.54) is 30.2 Å². The molecule has 160 valence electrons. The summed E-state index contributed by atoms with van der Waals surface area (Å²) in [6.45, 7) is 3.44. The smallest absolute Gasteiger partial charge is 0.336 e. The van der Waals surface area contributed by atoms with Crippen molar-refractivity contribution in [2.24, 2.45) is 0 Å². The summed E-state index contributed by atoms with van der Waals surface area (Å²) in [4.78, 5) is 48.1. The number of benzene rings is 1. The maximum Gasteiger partial charge on any atom is 0.336 e. The number of nitrogens with zero attached hydrogens (tertiary/aromatic N) is 2. The summed E-state index contributed by atoms with van der Waals surface area (Å²) in [6, 6.07) is 5.72. The Hall–Kier alpha value is -3.69. The molecule has 0 unspecified atom stereocenters. The minimum atomic E-state index is -0.921. The third kappa shape index (κ3) is 4.83. The van der Waals surface area contributed by atoms with Crippen molar-refractivity contribution in [1.82, 2.24) is 10.2 Å². The van der Waals surface area contributed by atoms with Gasteiger partial charge in [0.15, 0.2) is 0 Å². The number of hydrogen-bond donors (Lipinski definition) is 1. The molecule has 30 heavy (non-hydrogen) atoms. The molecule has 0 aromatic heterocycles. The lowest BCUT2D eigenvalue weighted by Crippen LogP contribution is -2.33. The molecular weight excluding hydrogens is 394 g/mol. The number of nitrogens with one attached hydrogen (secondary N) is 1. The van der Waals surface area contributed by atoms with Crippen LogP contribution in [0.1, 0.15) is 25.3 Å². The number of likely N-dealkylation sites (N-methyl/N-ethyl adjacent to an activating group) is 1. The highest BCUT2D eigenvalue weighted by molar-refractivity contribution is 5.99. The van der Waals surface area contributed by atoms with Crippen molar-refractivity contribution < 1.29 is 28.8 Å². The molecule has 0 aliphatic carbocycles. The fourth-order valence-electron chi connectivity index (χ4n) is 3.21. The molecule has 0 radical (unpaired) electrons. The van der Waals surface area contributed by atoms with Crippen LogP contribution in [0.5, 0.6) is 0 Å². The second kappa shape index (κ2) is 9.68. The van der Waals surface area contributed by atoms with Crippen LogP contribution in [0, 0.1) is 10.1 Å². The fraction of sp³-hybridized carbons (Fsp3) is 0.350. The zero-order chi connectivity index (χ0) is 22.4. The standard InChI is InChI=1S/C20H23N3O7/c1-12-16(19(25)29-4)18(14-6-5-7-15(10-14)23(27)28)17(13(2)21-12)20(26)30-9-8-22(3)11-24/h5-7,10-11,18,21H,8-9H2,1-4H3/t18-/m0/s1. The minimum Gasteiger partial charge on any atom is -0.466 e. The second-order valence-electron chi connectivity index (χ2n) is 6.70. The van der Waals surface area contributed by atoms with Crippen LogP contribution in [0.15, 0.2) is 46.8 Å². The summed E-state index contributed by atoms with van der Waals surface area (Å²) in [5, 5.41) is 14.2. The average molecular weight is 417 g/mol. The lowest BCUT2D eigenvalue weighted by Gasteiger charge is -2.30. The zero-order valence-corrected chi connectivity index (χ0v) is 17.1. The van der Waals surface area contributed by atoms with Crippen LogP contribution in [-0.2, 0) is 23.9 Å². The molecule has 1 aliphatic rings. The third-order valence-corrected chi connectivity index (χ3v) is 4.66. The van der Waals surface area contributed by atoms with E-state index in [-0.39, 0.29) is 30.0 Å². The first-order valence-corrected chi connectivity index (χ1v) is 9.05. The molecular formula is C20H23N3O7. The lowest BCUT2D eigenvalue weighted by molar-refractivity contribution is -0.384. The number of hydrogen-bond acceptors (Lipinski definition) is 8. The Kier molecular flexibility index (Phi) is 7.29. The highest BCUT2D eigenvalue weighted by Crippen LogP contribution is 2.40. The number of allylic oxidation sites excluding steroid dienone is 2. The zero-order valence-electron chi connectivity index (χ0n) is 17.1. The van der Waals surface area contributed by atoms with E-state index in [0.717, 1.165) is 0 Å². The largest absolute Gasteiger partial charge is 0.466 e. The predicted molar refractivity (Wildman–Crippen MR) is 106 cm³/mol. The number of esters is 2. The number of non-ortho nitro benzene ring substituents is 1. The molecule has 1 heterocycles. The van der Waals surface area contributed by atoms with Crippen molar-refractivity contribution in [3.8, 4) is 0 Å². The van der Waals surface area contributed by atoms with Crippen molar-refractivity contribution in [2.45, 2.75) is 19.8 Å². The SMILES string of the molecule is COC(=O)C1=C(C)NC(C)=C(C(=O)OCCN(C)C=O)[C@H]1c1cccc([N+](=O)[O-])c1. The monoisotopic (exact) mass is 417 g/mol. The van der Waals surface area contributed by atoms with Crippen molar-refractivity contribution in [1.29, 1.82) is 0 Å². The molecule has 0 fully saturated rings. The van der Waals surface area contributed by atoms with E-state index in [2.05, 4.69) is 5.32 Å². The molecule has 1 amide bonds. The van der Waals surface area contributed by atoms with Gasteiger partial charge in [0.1, 0.15) is 6.61 Å². The van der Waals surface area contributed by atoms with Crippen molar-refractivity contribution in [3.05, 3.63) is 62.5 Å². The molecule has 2 rings (SSSR count). The molecule has 0 bridgehead atoms. The number of dihydropyridines is 1. The van der Waals surface area contributed by atoms with Crippen LogP contribution in [0.4, 0.5) is 5.69 Å². The van der Waals surface area contributed by atoms with Gasteiger partial charge in [-0.1, -0.05) is 12.1 Å². The first-order chi connectivity index (χ1) is 14.2. The third-order valence-electron chi connectivity index (χ3n) is 4.66. The number of ether oxygens (including phenoxy) is 2. The number of methoxy groups -OCH3 is 1. The van der Waals surface area contributed by atoms with E-state index in [0.29, 0.717) is 23.4 Å². The topological polar surface area (TPSA) is 128 Å². The van der Waals surface area contributed by atoms with Gasteiger partial charge in [0.25, 0.3) is 5.69 Å². The molecule has 10 nitrogen and oxygen atoms in total. The van der Waals surface area contributed by atoms with Crippen LogP contribution in [0.25, 0.3) is 0 Å². The molecule has 0 spiro atoms. The van der Waals surface area contributed by atoms with Gasteiger partial charge >= 0.3 is 11.9 Å². The van der Waals surface area contributed by atoms with E-state index in [4.69, 9.17) is 9.47 Å². The first kappa shape index (κ1) is 22.6. The number of carbonyl (C=O) groups excluding carboxylic acids is 3. The summed E-state index contributed by atoms with van der Waals surface area (Å²) in [5.41, 5.74) is 1.40. The van der Waals surface area contributed by atoms with E-state index in [1.807, 2.05) is 0 Å². The minimum absolute atomic E-state index is 0.0528. The van der Waals surface area contributed by atoms with Crippen molar-refractivity contribution in [3.63, 3.8) is 0 Å². The Morgan fingerprint density at radius 2 is 1.87 bits per heavy atom. The number of nitro benzene ring substituents is 1. The average Bonchev–Trinajstić information content (AvgIpc) is 2.72. The fourth-order valence-corrected chi connectivity index (χ4v) is 3.21. The van der Waals surface area contributed by atoms with Gasteiger partial charge in [-0.25, -0.2) is 9.59 Å². The van der Waals surface area contributed by atoms with E-state index in [9.17, 15) is 24.5 Å². The molecule has 1 N–H and O–H groups in total. The highest BCUT2D eigenvalue weighted by Gasteiger charge is 2.38.